The Labute approximate surface area is 105 Å². The van der Waals surface area contributed by atoms with E-state index in [9.17, 15) is 4.79 Å². The van der Waals surface area contributed by atoms with Crippen LogP contribution in [0.25, 0.3) is 11.2 Å². The molecule has 0 fully saturated rings. The van der Waals surface area contributed by atoms with Gasteiger partial charge in [0, 0.05) is 13.2 Å². The molecule has 3 heterocycles. The topological polar surface area (TPSA) is 85.8 Å². The second-order valence-electron chi connectivity index (χ2n) is 3.53. The second kappa shape index (κ2) is 4.22. The zero-order valence-corrected chi connectivity index (χ0v) is 10.3. The predicted octanol–water partition coefficient (Wildman–Crippen LogP) is 0.931. The summed E-state index contributed by atoms with van der Waals surface area (Å²) in [4.78, 5) is 15.9. The summed E-state index contributed by atoms with van der Waals surface area (Å²) in [7, 11) is 1.77. The lowest BCUT2D eigenvalue weighted by Crippen LogP contribution is -2.15. The molecule has 0 atom stereocenters. The molecule has 18 heavy (non-hydrogen) atoms. The van der Waals surface area contributed by atoms with E-state index in [4.69, 9.17) is 4.42 Å². The highest BCUT2D eigenvalue weighted by Crippen LogP contribution is 2.16. The minimum Gasteiger partial charge on any atom is -0.406 e. The molecule has 0 amide bonds. The number of pyridine rings is 1. The summed E-state index contributed by atoms with van der Waals surface area (Å²) >= 11 is 1.39. The first-order valence-electron chi connectivity index (χ1n) is 5.22. The van der Waals surface area contributed by atoms with E-state index < -0.39 is 5.76 Å². The van der Waals surface area contributed by atoms with Crippen molar-refractivity contribution in [3.63, 3.8) is 0 Å². The maximum Gasteiger partial charge on any atom is 0.421 e. The third-order valence-electron chi connectivity index (χ3n) is 2.40. The van der Waals surface area contributed by atoms with Crippen molar-refractivity contribution in [2.45, 2.75) is 6.54 Å². The molecule has 0 saturated carbocycles. The van der Waals surface area contributed by atoms with Crippen molar-refractivity contribution < 1.29 is 4.42 Å². The predicted molar refractivity (Wildman–Crippen MR) is 66.8 cm³/mol. The van der Waals surface area contributed by atoms with E-state index in [-0.39, 0.29) is 0 Å². The molecule has 0 bridgehead atoms. The third-order valence-corrected chi connectivity index (χ3v) is 3.32. The molecule has 0 aliphatic rings. The molecule has 1 N–H and O–H groups in total. The maximum atomic E-state index is 11.7. The van der Waals surface area contributed by atoms with Crippen molar-refractivity contribution in [3.8, 4) is 0 Å². The Morgan fingerprint density at radius 2 is 2.39 bits per heavy atom. The Hall–Kier alpha value is -2.22. The molecule has 0 aromatic carbocycles. The summed E-state index contributed by atoms with van der Waals surface area (Å²) in [5.41, 5.74) is 0.990. The van der Waals surface area contributed by atoms with Gasteiger partial charge in [-0.15, -0.1) is 10.2 Å². The van der Waals surface area contributed by atoms with Crippen LogP contribution in [0.15, 0.2) is 27.5 Å². The molecule has 8 heteroatoms. The minimum absolute atomic E-state index is 0.308. The molecule has 0 radical (unpaired) electrons. The van der Waals surface area contributed by atoms with Crippen LogP contribution in [0.5, 0.6) is 0 Å². The molecule has 3 aromatic rings. The lowest BCUT2D eigenvalue weighted by molar-refractivity contribution is 0.517. The van der Waals surface area contributed by atoms with Crippen LogP contribution in [-0.2, 0) is 6.54 Å². The number of oxazole rings is 1. The normalized spacial score (nSPS) is 10.9. The Kier molecular flexibility index (Phi) is 2.56. The van der Waals surface area contributed by atoms with Crippen LogP contribution >= 0.6 is 11.3 Å². The number of rotatable bonds is 3. The van der Waals surface area contributed by atoms with Gasteiger partial charge in [0.05, 0.1) is 6.54 Å². The summed E-state index contributed by atoms with van der Waals surface area (Å²) in [5.74, 6) is -0.440. The second-order valence-corrected chi connectivity index (χ2v) is 4.59. The molecular formula is C10H9N5O2S. The number of aromatic nitrogens is 4. The van der Waals surface area contributed by atoms with E-state index in [1.807, 2.05) is 0 Å². The number of hydrogen-bond acceptors (Lipinski definition) is 7. The fraction of sp³-hybridized carbons (Fsp3) is 0.200. The summed E-state index contributed by atoms with van der Waals surface area (Å²) in [5, 5.41) is 12.2. The van der Waals surface area contributed by atoms with Gasteiger partial charge in [0.2, 0.25) is 5.13 Å². The average molecular weight is 263 g/mol. The molecule has 0 saturated heterocycles. The molecule has 7 nitrogen and oxygen atoms in total. The van der Waals surface area contributed by atoms with Crippen LogP contribution in [-0.4, -0.2) is 26.8 Å². The molecule has 0 unspecified atom stereocenters. The first kappa shape index (κ1) is 10.9. The van der Waals surface area contributed by atoms with Crippen LogP contribution in [0.2, 0.25) is 0 Å². The Balaban J connectivity index is 2.04. The molecule has 92 valence electrons. The summed E-state index contributed by atoms with van der Waals surface area (Å²) in [6.45, 7) is 0.308. The van der Waals surface area contributed by atoms with Crippen LogP contribution in [0.1, 0.15) is 5.01 Å². The fourth-order valence-corrected chi connectivity index (χ4v) is 2.28. The van der Waals surface area contributed by atoms with E-state index in [0.717, 1.165) is 5.01 Å². The van der Waals surface area contributed by atoms with E-state index >= 15 is 0 Å². The first-order valence-corrected chi connectivity index (χ1v) is 6.04. The lowest BCUT2D eigenvalue weighted by atomic mass is 10.4. The van der Waals surface area contributed by atoms with Gasteiger partial charge >= 0.3 is 5.76 Å². The summed E-state index contributed by atoms with van der Waals surface area (Å²) in [6.07, 6.45) is 1.62. The Morgan fingerprint density at radius 3 is 3.17 bits per heavy atom. The van der Waals surface area contributed by atoms with Gasteiger partial charge in [-0.1, -0.05) is 11.3 Å². The average Bonchev–Trinajstić information content (AvgIpc) is 2.96. The molecular weight excluding hydrogens is 254 g/mol. The number of hydrogen-bond donors (Lipinski definition) is 1. The fourth-order valence-electron chi connectivity index (χ4n) is 1.59. The summed E-state index contributed by atoms with van der Waals surface area (Å²) < 4.78 is 6.53. The quantitative estimate of drug-likeness (QED) is 0.756. The monoisotopic (exact) mass is 263 g/mol. The van der Waals surface area contributed by atoms with Crippen molar-refractivity contribution in [2.24, 2.45) is 0 Å². The smallest absolute Gasteiger partial charge is 0.406 e. The SMILES string of the molecule is CNc1nnc(Cn2c(=O)oc3cccnc32)s1. The highest BCUT2D eigenvalue weighted by molar-refractivity contribution is 7.15. The highest BCUT2D eigenvalue weighted by Gasteiger charge is 2.12. The zero-order chi connectivity index (χ0) is 12.5. The number of nitrogens with zero attached hydrogens (tertiary/aromatic N) is 4. The summed E-state index contributed by atoms with van der Waals surface area (Å²) in [6, 6.07) is 3.43. The largest absolute Gasteiger partial charge is 0.421 e. The number of anilines is 1. The van der Waals surface area contributed by atoms with Crippen LogP contribution in [0.4, 0.5) is 5.13 Å². The van der Waals surface area contributed by atoms with Crippen LogP contribution < -0.4 is 11.1 Å². The molecule has 0 aliphatic heterocycles. The van der Waals surface area contributed by atoms with Crippen molar-refractivity contribution in [2.75, 3.05) is 12.4 Å². The van der Waals surface area contributed by atoms with Gasteiger partial charge in [0.1, 0.15) is 5.01 Å². The molecule has 0 spiro atoms. The van der Waals surface area contributed by atoms with Gasteiger partial charge < -0.3 is 9.73 Å². The Bertz CT molecular complexity index is 744. The van der Waals surface area contributed by atoms with Crippen molar-refractivity contribution in [3.05, 3.63) is 33.9 Å². The van der Waals surface area contributed by atoms with Gasteiger partial charge in [-0.3, -0.25) is 4.57 Å². The van der Waals surface area contributed by atoms with Crippen molar-refractivity contribution in [1.82, 2.24) is 19.7 Å². The van der Waals surface area contributed by atoms with E-state index in [0.29, 0.717) is 22.9 Å². The van der Waals surface area contributed by atoms with Crippen molar-refractivity contribution in [1.29, 1.82) is 0 Å². The van der Waals surface area contributed by atoms with Crippen molar-refractivity contribution >= 4 is 27.7 Å². The highest BCUT2D eigenvalue weighted by atomic mass is 32.1. The lowest BCUT2D eigenvalue weighted by Gasteiger charge is -1.96. The maximum absolute atomic E-state index is 11.7. The standard InChI is InChI=1S/C10H9N5O2S/c1-11-9-14-13-7(18-9)5-15-8-6(17-10(15)16)3-2-4-12-8/h2-4H,5H2,1H3,(H,11,14). The first-order chi connectivity index (χ1) is 8.78. The van der Waals surface area contributed by atoms with Gasteiger partial charge in [-0.2, -0.15) is 0 Å². The number of nitrogens with one attached hydrogen (secondary N) is 1. The molecule has 3 aromatic heterocycles. The van der Waals surface area contributed by atoms with Gasteiger partial charge in [-0.05, 0) is 12.1 Å². The van der Waals surface area contributed by atoms with Gasteiger partial charge in [0.15, 0.2) is 11.2 Å². The van der Waals surface area contributed by atoms with Gasteiger partial charge in [0.25, 0.3) is 0 Å². The zero-order valence-electron chi connectivity index (χ0n) is 9.45. The van der Waals surface area contributed by atoms with Crippen LogP contribution in [0.3, 0.4) is 0 Å². The third kappa shape index (κ3) is 1.76. The van der Waals surface area contributed by atoms with E-state index in [1.54, 1.807) is 25.4 Å². The molecule has 3 rings (SSSR count). The number of fused-ring (bicyclic) bond motifs is 1. The molecule has 0 aliphatic carbocycles. The van der Waals surface area contributed by atoms with Gasteiger partial charge in [-0.25, -0.2) is 9.78 Å². The van der Waals surface area contributed by atoms with E-state index in [1.165, 1.54) is 15.9 Å². The Morgan fingerprint density at radius 1 is 1.50 bits per heavy atom. The van der Waals surface area contributed by atoms with Crippen LogP contribution in [0, 0.1) is 0 Å². The minimum atomic E-state index is -0.440. The van der Waals surface area contributed by atoms with E-state index in [2.05, 4.69) is 20.5 Å².